The van der Waals surface area contributed by atoms with Gasteiger partial charge in [0.25, 0.3) is 0 Å². The number of aldehydes is 1. The number of carboxylic acid groups (broad SMARTS) is 1. The first-order chi connectivity index (χ1) is 18.7. The van der Waals surface area contributed by atoms with Crippen molar-refractivity contribution in [2.75, 3.05) is 31.6 Å². The molecule has 39 heavy (non-hydrogen) atoms. The number of carbonyl (C=O) groups is 6. The Kier molecular flexibility index (Phi) is 16.6. The Hall–Kier alpha value is -3.10. The Balaban J connectivity index is 2.65. The van der Waals surface area contributed by atoms with Gasteiger partial charge >= 0.3 is 5.97 Å². The largest absolute Gasteiger partial charge is 0.481 e. The predicted molar refractivity (Wildman–Crippen MR) is 151 cm³/mol. The van der Waals surface area contributed by atoms with E-state index in [1.807, 2.05) is 31.2 Å². The second-order valence-electron chi connectivity index (χ2n) is 8.54. The summed E-state index contributed by atoms with van der Waals surface area (Å²) in [6.07, 6.45) is 1.20. The average Bonchev–Trinajstić information content (AvgIpc) is 2.89. The van der Waals surface area contributed by atoms with Crippen molar-refractivity contribution in [3.05, 3.63) is 35.4 Å². The highest BCUT2D eigenvalue weighted by molar-refractivity contribution is 7.98. The van der Waals surface area contributed by atoms with Crippen LogP contribution in [-0.2, 0) is 40.3 Å². The minimum atomic E-state index is -1.39. The average molecular weight is 584 g/mol. The summed E-state index contributed by atoms with van der Waals surface area (Å²) in [7, 11) is 1.72. The lowest BCUT2D eigenvalue weighted by atomic mass is 10.2. The van der Waals surface area contributed by atoms with E-state index in [-0.39, 0.29) is 18.2 Å². The molecule has 1 rings (SSSR count). The number of nitrogens with zero attached hydrogens (tertiary/aromatic N) is 1. The van der Waals surface area contributed by atoms with Crippen LogP contribution in [0.25, 0.3) is 0 Å². The molecule has 0 saturated heterocycles. The highest BCUT2D eigenvalue weighted by Crippen LogP contribution is 2.19. The van der Waals surface area contributed by atoms with Crippen LogP contribution in [0.3, 0.4) is 0 Å². The zero-order chi connectivity index (χ0) is 29.2. The van der Waals surface area contributed by atoms with Crippen molar-refractivity contribution in [2.24, 2.45) is 5.73 Å². The number of nitrogens with one attached hydrogen (secondary N) is 3. The summed E-state index contributed by atoms with van der Waals surface area (Å²) in [5, 5.41) is 16.6. The van der Waals surface area contributed by atoms with E-state index in [9.17, 15) is 28.8 Å². The first kappa shape index (κ1) is 33.9. The molecule has 14 heteroatoms. The van der Waals surface area contributed by atoms with Gasteiger partial charge in [-0.1, -0.05) is 31.2 Å². The topological polar surface area (TPSA) is 188 Å². The number of hydrogen-bond donors (Lipinski definition) is 5. The Morgan fingerprint density at radius 3 is 2.15 bits per heavy atom. The molecule has 0 radical (unpaired) electrons. The summed E-state index contributed by atoms with van der Waals surface area (Å²) in [4.78, 5) is 71.0. The quantitative estimate of drug-likeness (QED) is 0.121. The van der Waals surface area contributed by atoms with Gasteiger partial charge in [0.15, 0.2) is 0 Å². The van der Waals surface area contributed by atoms with Crippen molar-refractivity contribution in [1.29, 1.82) is 0 Å². The van der Waals surface area contributed by atoms with Crippen molar-refractivity contribution in [2.45, 2.75) is 49.4 Å². The van der Waals surface area contributed by atoms with Crippen LogP contribution in [-0.4, -0.2) is 96.2 Å². The van der Waals surface area contributed by atoms with E-state index in [2.05, 4.69) is 16.0 Å². The van der Waals surface area contributed by atoms with Gasteiger partial charge in [-0.25, -0.2) is 0 Å². The lowest BCUT2D eigenvalue weighted by Crippen LogP contribution is -2.53. The first-order valence-corrected chi connectivity index (χ1v) is 14.6. The highest BCUT2D eigenvalue weighted by atomic mass is 32.2. The molecule has 0 saturated carbocycles. The van der Waals surface area contributed by atoms with Gasteiger partial charge in [0.05, 0.1) is 19.0 Å². The fraction of sp³-hybridized carbons (Fsp3) is 0.520. The number of nitrogens with two attached hydrogens (primary N) is 1. The number of likely N-dealkylation sites (N-methyl/N-ethyl adjacent to an activating group) is 1. The van der Waals surface area contributed by atoms with Crippen LogP contribution < -0.4 is 21.7 Å². The third kappa shape index (κ3) is 13.0. The van der Waals surface area contributed by atoms with Crippen molar-refractivity contribution >= 4 is 59.9 Å². The SMILES string of the molecule is CCCN(CC=O)C(=O)C(CSCc1cccc(CSCC(NC=O)C(=O)NC(CC(=O)O)C(N)=O)c1)NC. The van der Waals surface area contributed by atoms with E-state index in [4.69, 9.17) is 10.8 Å². The van der Waals surface area contributed by atoms with Gasteiger partial charge in [0.2, 0.25) is 24.1 Å². The summed E-state index contributed by atoms with van der Waals surface area (Å²) in [5.41, 5.74) is 7.20. The van der Waals surface area contributed by atoms with Gasteiger partial charge in [-0.05, 0) is 24.6 Å². The fourth-order valence-electron chi connectivity index (χ4n) is 3.50. The number of carbonyl (C=O) groups excluding carboxylic acids is 5. The van der Waals surface area contributed by atoms with Gasteiger partial charge in [0, 0.05) is 29.6 Å². The Labute approximate surface area is 236 Å². The number of rotatable bonds is 21. The molecular formula is C25H37N5O7S2. The second kappa shape index (κ2) is 19.0. The number of amides is 4. The van der Waals surface area contributed by atoms with Gasteiger partial charge < -0.3 is 36.5 Å². The number of benzene rings is 1. The van der Waals surface area contributed by atoms with Crippen molar-refractivity contribution < 1.29 is 33.9 Å². The molecule has 0 aliphatic carbocycles. The van der Waals surface area contributed by atoms with Crippen LogP contribution >= 0.6 is 23.5 Å². The van der Waals surface area contributed by atoms with Crippen LogP contribution in [0.1, 0.15) is 30.9 Å². The van der Waals surface area contributed by atoms with Crippen molar-refractivity contribution in [3.63, 3.8) is 0 Å². The molecule has 0 aromatic heterocycles. The standard InChI is InChI=1S/C25H37N5O7S2/c1-3-7-30(8-9-31)25(37)21(27-2)15-39-13-18-6-4-5-17(10-18)12-38-14-20(28-16-32)24(36)29-19(23(26)35)11-22(33)34/h4-6,9-10,16,19-21,27H,3,7-8,11-15H2,1-2H3,(H2,26,35)(H,28,32)(H,29,36)(H,33,34). The molecule has 12 nitrogen and oxygen atoms in total. The molecule has 0 fully saturated rings. The zero-order valence-electron chi connectivity index (χ0n) is 22.1. The third-order valence-electron chi connectivity index (χ3n) is 5.47. The van der Waals surface area contributed by atoms with Gasteiger partial charge in [0.1, 0.15) is 18.4 Å². The number of thioether (sulfide) groups is 2. The monoisotopic (exact) mass is 583 g/mol. The smallest absolute Gasteiger partial charge is 0.305 e. The summed E-state index contributed by atoms with van der Waals surface area (Å²) in [6, 6.07) is 5.07. The Bertz CT molecular complexity index is 982. The summed E-state index contributed by atoms with van der Waals surface area (Å²) in [6.45, 7) is 2.56. The molecule has 3 unspecified atom stereocenters. The fourth-order valence-corrected chi connectivity index (χ4v) is 5.59. The molecule has 1 aromatic rings. The van der Waals surface area contributed by atoms with Gasteiger partial charge in [-0.15, -0.1) is 0 Å². The molecule has 0 spiro atoms. The molecule has 0 aliphatic heterocycles. The van der Waals surface area contributed by atoms with E-state index in [1.54, 1.807) is 23.7 Å². The Morgan fingerprint density at radius 2 is 1.67 bits per heavy atom. The van der Waals surface area contributed by atoms with Crippen LogP contribution in [0.2, 0.25) is 0 Å². The number of carboxylic acids is 1. The van der Waals surface area contributed by atoms with Crippen LogP contribution in [0.4, 0.5) is 0 Å². The number of hydrogen-bond acceptors (Lipinski definition) is 9. The van der Waals surface area contributed by atoms with Crippen LogP contribution in [0, 0.1) is 0 Å². The number of aliphatic carboxylic acids is 1. The van der Waals surface area contributed by atoms with Crippen molar-refractivity contribution in [1.82, 2.24) is 20.9 Å². The normalized spacial score (nSPS) is 13.0. The number of primary amides is 1. The minimum Gasteiger partial charge on any atom is -0.481 e. The molecule has 3 atom stereocenters. The lowest BCUT2D eigenvalue weighted by Gasteiger charge is -2.25. The first-order valence-electron chi connectivity index (χ1n) is 12.3. The summed E-state index contributed by atoms with van der Waals surface area (Å²) in [5.74, 6) is -1.16. The minimum absolute atomic E-state index is 0.0776. The van der Waals surface area contributed by atoms with Gasteiger partial charge in [-0.2, -0.15) is 23.5 Å². The van der Waals surface area contributed by atoms with Gasteiger partial charge in [-0.3, -0.25) is 24.0 Å². The maximum absolute atomic E-state index is 12.7. The van der Waals surface area contributed by atoms with E-state index >= 15 is 0 Å². The second-order valence-corrected chi connectivity index (χ2v) is 10.6. The molecule has 6 N–H and O–H groups in total. The van der Waals surface area contributed by atoms with E-state index in [0.717, 1.165) is 23.8 Å². The summed E-state index contributed by atoms with van der Waals surface area (Å²) < 4.78 is 0. The molecule has 1 aromatic carbocycles. The molecule has 216 valence electrons. The van der Waals surface area contributed by atoms with Crippen LogP contribution in [0.5, 0.6) is 0 Å². The lowest BCUT2D eigenvalue weighted by molar-refractivity contribution is -0.140. The summed E-state index contributed by atoms with van der Waals surface area (Å²) >= 11 is 2.97. The van der Waals surface area contributed by atoms with E-state index in [0.29, 0.717) is 30.2 Å². The zero-order valence-corrected chi connectivity index (χ0v) is 23.7. The van der Waals surface area contributed by atoms with Crippen molar-refractivity contribution in [3.8, 4) is 0 Å². The predicted octanol–water partition coefficient (Wildman–Crippen LogP) is -0.262. The Morgan fingerprint density at radius 1 is 1.05 bits per heavy atom. The van der Waals surface area contributed by atoms with E-state index in [1.165, 1.54) is 11.8 Å². The maximum Gasteiger partial charge on any atom is 0.305 e. The molecular weight excluding hydrogens is 546 g/mol. The maximum atomic E-state index is 12.7. The highest BCUT2D eigenvalue weighted by Gasteiger charge is 2.26. The van der Waals surface area contributed by atoms with E-state index < -0.39 is 42.3 Å². The third-order valence-corrected chi connectivity index (χ3v) is 7.68. The molecule has 0 bridgehead atoms. The molecule has 0 heterocycles. The molecule has 0 aliphatic rings. The molecule has 4 amide bonds. The van der Waals surface area contributed by atoms with Crippen LogP contribution in [0.15, 0.2) is 24.3 Å².